The van der Waals surface area contributed by atoms with Crippen molar-refractivity contribution in [3.05, 3.63) is 23.6 Å². The van der Waals surface area contributed by atoms with Gasteiger partial charge in [0.1, 0.15) is 39.3 Å². The zero-order valence-corrected chi connectivity index (χ0v) is 14.9. The number of hydrogen-bond acceptors (Lipinski definition) is 6. The number of guanidine groups is 1. The Morgan fingerprint density at radius 1 is 1.52 bits per heavy atom. The van der Waals surface area contributed by atoms with Crippen molar-refractivity contribution < 1.29 is 31.7 Å². The van der Waals surface area contributed by atoms with Crippen LogP contribution in [0.4, 0.5) is 28.2 Å². The normalized spacial score (nSPS) is 25.7. The zero-order valence-electron chi connectivity index (χ0n) is 14.1. The molecule has 0 spiro atoms. The van der Waals surface area contributed by atoms with E-state index in [9.17, 15) is 26.6 Å². The molecule has 27 heavy (non-hydrogen) atoms. The van der Waals surface area contributed by atoms with Gasteiger partial charge in [0.2, 0.25) is 5.96 Å². The highest BCUT2D eigenvalue weighted by molar-refractivity contribution is 7.92. The van der Waals surface area contributed by atoms with Gasteiger partial charge in [0.05, 0.1) is 5.75 Å². The highest BCUT2D eigenvalue weighted by atomic mass is 32.2. The molecule has 1 aliphatic rings. The monoisotopic (exact) mass is 412 g/mol. The Morgan fingerprint density at radius 3 is 2.70 bits per heavy atom. The van der Waals surface area contributed by atoms with Gasteiger partial charge in [0, 0.05) is 7.05 Å². The molecule has 14 heteroatoms. The zero-order chi connectivity index (χ0) is 20.6. The average molecular weight is 412 g/mol. The van der Waals surface area contributed by atoms with Gasteiger partial charge in [-0.3, -0.25) is 9.62 Å². The molecule has 150 valence electrons. The largest absolute Gasteiger partial charge is 0.465 e. The standard InChI is InChI=1S/C13H16F4N6O3S/c1-12(9-7(14)3-4-8(18)20-9)6-27(26,19-5-13(15,16)17)23(2)10(22-12)21-11(24)25/h3-4H,5-6H2,1-2H3,(H2,18,20)(H,21,22)(H,24,25)/t12-,27+/m0/s1. The minimum Gasteiger partial charge on any atom is -0.465 e. The number of pyridine rings is 1. The lowest BCUT2D eigenvalue weighted by Crippen LogP contribution is -2.53. The minimum atomic E-state index is -4.74. The highest BCUT2D eigenvalue weighted by Crippen LogP contribution is 2.34. The van der Waals surface area contributed by atoms with Gasteiger partial charge in [-0.1, -0.05) is 0 Å². The first-order chi connectivity index (χ1) is 12.3. The fraction of sp³-hybridized carbons (Fsp3) is 0.462. The van der Waals surface area contributed by atoms with Crippen molar-refractivity contribution in [3.8, 4) is 0 Å². The van der Waals surface area contributed by atoms with Gasteiger partial charge in [-0.2, -0.15) is 13.2 Å². The molecule has 2 rings (SSSR count). The number of carbonyl (C=O) groups is 1. The number of rotatable bonds is 2. The summed E-state index contributed by atoms with van der Waals surface area (Å²) in [5, 5.41) is 10.8. The summed E-state index contributed by atoms with van der Waals surface area (Å²) < 4.78 is 69.1. The summed E-state index contributed by atoms with van der Waals surface area (Å²) in [6.07, 6.45) is -6.35. The van der Waals surface area contributed by atoms with Crippen molar-refractivity contribution in [1.29, 1.82) is 0 Å². The third-order valence-corrected chi connectivity index (χ3v) is 6.09. The number of carboxylic acid groups (broad SMARTS) is 1. The molecule has 2 heterocycles. The quantitative estimate of drug-likeness (QED) is 0.634. The fourth-order valence-corrected chi connectivity index (χ4v) is 4.50. The number of nitrogen functional groups attached to an aromatic ring is 1. The lowest BCUT2D eigenvalue weighted by atomic mass is 10.00. The molecular weight excluding hydrogens is 396 g/mol. The summed E-state index contributed by atoms with van der Waals surface area (Å²) in [5.41, 5.74) is 3.35. The van der Waals surface area contributed by atoms with Crippen LogP contribution in [0.2, 0.25) is 0 Å². The Labute approximate surface area is 151 Å². The molecule has 0 bridgehead atoms. The van der Waals surface area contributed by atoms with E-state index in [0.717, 1.165) is 19.2 Å². The minimum absolute atomic E-state index is 0.103. The van der Waals surface area contributed by atoms with E-state index in [1.807, 2.05) is 5.32 Å². The second-order valence-electron chi connectivity index (χ2n) is 5.86. The molecule has 1 amide bonds. The van der Waals surface area contributed by atoms with E-state index in [2.05, 4.69) is 14.3 Å². The fourth-order valence-electron chi connectivity index (χ4n) is 2.40. The van der Waals surface area contributed by atoms with E-state index in [1.54, 1.807) is 0 Å². The van der Waals surface area contributed by atoms with Crippen molar-refractivity contribution in [3.63, 3.8) is 0 Å². The summed E-state index contributed by atoms with van der Waals surface area (Å²) in [4.78, 5) is 18.8. The second-order valence-corrected chi connectivity index (χ2v) is 8.17. The third kappa shape index (κ3) is 4.56. The molecule has 1 aromatic heterocycles. The first-order valence-electron chi connectivity index (χ1n) is 7.29. The number of amides is 1. The molecule has 0 saturated carbocycles. The van der Waals surface area contributed by atoms with Crippen LogP contribution in [-0.4, -0.2) is 56.2 Å². The van der Waals surface area contributed by atoms with Gasteiger partial charge < -0.3 is 10.8 Å². The average Bonchev–Trinajstić information content (AvgIpc) is 2.52. The van der Waals surface area contributed by atoms with Crippen LogP contribution in [-0.2, 0) is 15.5 Å². The van der Waals surface area contributed by atoms with E-state index >= 15 is 0 Å². The van der Waals surface area contributed by atoms with Crippen molar-refractivity contribution in [2.75, 3.05) is 25.1 Å². The Balaban J connectivity index is 2.67. The summed E-state index contributed by atoms with van der Waals surface area (Å²) in [7, 11) is -2.78. The van der Waals surface area contributed by atoms with Gasteiger partial charge in [0.15, 0.2) is 0 Å². The van der Waals surface area contributed by atoms with E-state index in [1.165, 1.54) is 6.92 Å². The maximum Gasteiger partial charge on any atom is 0.411 e. The van der Waals surface area contributed by atoms with Crippen molar-refractivity contribution in [2.24, 2.45) is 9.36 Å². The van der Waals surface area contributed by atoms with Crippen LogP contribution in [0.15, 0.2) is 21.5 Å². The van der Waals surface area contributed by atoms with Gasteiger partial charge in [0.25, 0.3) is 0 Å². The Morgan fingerprint density at radius 2 is 2.15 bits per heavy atom. The van der Waals surface area contributed by atoms with Crippen LogP contribution >= 0.6 is 0 Å². The van der Waals surface area contributed by atoms with Crippen LogP contribution in [0.1, 0.15) is 12.6 Å². The van der Waals surface area contributed by atoms with Gasteiger partial charge >= 0.3 is 12.3 Å². The maximum absolute atomic E-state index is 14.3. The lowest BCUT2D eigenvalue weighted by Gasteiger charge is -2.37. The van der Waals surface area contributed by atoms with Gasteiger partial charge in [-0.25, -0.2) is 27.7 Å². The maximum atomic E-state index is 14.3. The first-order valence-corrected chi connectivity index (χ1v) is 8.93. The van der Waals surface area contributed by atoms with E-state index in [-0.39, 0.29) is 5.82 Å². The Kier molecular flexibility index (Phi) is 5.23. The molecule has 0 radical (unpaired) electrons. The molecular formula is C13H16F4N6O3S. The van der Waals surface area contributed by atoms with Crippen LogP contribution in [0.3, 0.4) is 0 Å². The molecule has 0 aliphatic carbocycles. The van der Waals surface area contributed by atoms with Crippen LogP contribution < -0.4 is 11.1 Å². The van der Waals surface area contributed by atoms with E-state index < -0.39 is 57.5 Å². The number of nitrogens with one attached hydrogen (secondary N) is 1. The number of anilines is 1. The molecule has 4 N–H and O–H groups in total. The SMILES string of the molecule is CN1C(NC(=O)O)=N[C@](C)(c2nc(N)ccc2F)C[S@@]1(=O)=NCC(F)(F)F. The number of nitrogens with zero attached hydrogens (tertiary/aromatic N) is 4. The van der Waals surface area contributed by atoms with Crippen LogP contribution in [0.5, 0.6) is 0 Å². The molecule has 9 nitrogen and oxygen atoms in total. The summed E-state index contributed by atoms with van der Waals surface area (Å²) in [5.74, 6) is -2.22. The van der Waals surface area contributed by atoms with Gasteiger partial charge in [-0.15, -0.1) is 0 Å². The molecule has 0 saturated heterocycles. The van der Waals surface area contributed by atoms with Crippen molar-refractivity contribution >= 4 is 27.8 Å². The summed E-state index contributed by atoms with van der Waals surface area (Å²) in [6, 6.07) is 2.12. The topological polar surface area (TPSA) is 133 Å². The third-order valence-electron chi connectivity index (χ3n) is 3.59. The summed E-state index contributed by atoms with van der Waals surface area (Å²) in [6.45, 7) is -0.489. The van der Waals surface area contributed by atoms with E-state index in [0.29, 0.717) is 4.31 Å². The number of aliphatic imine (C=N–C) groups is 1. The lowest BCUT2D eigenvalue weighted by molar-refractivity contribution is -0.117. The smallest absolute Gasteiger partial charge is 0.411 e. The molecule has 0 aromatic carbocycles. The second kappa shape index (κ2) is 6.83. The molecule has 1 aromatic rings. The van der Waals surface area contributed by atoms with Crippen molar-refractivity contribution in [1.82, 2.24) is 14.6 Å². The first kappa shape index (κ1) is 20.7. The molecule has 2 atom stereocenters. The predicted molar refractivity (Wildman–Crippen MR) is 88.7 cm³/mol. The Bertz CT molecular complexity index is 912. The van der Waals surface area contributed by atoms with Crippen molar-refractivity contribution in [2.45, 2.75) is 18.6 Å². The molecule has 1 aliphatic heterocycles. The number of nitrogens with two attached hydrogens (primary N) is 1. The molecule has 0 unspecified atom stereocenters. The predicted octanol–water partition coefficient (Wildman–Crippen LogP) is 1.53. The number of halogens is 4. The number of hydrogen-bond donors (Lipinski definition) is 3. The number of alkyl halides is 3. The van der Waals surface area contributed by atoms with Gasteiger partial charge in [-0.05, 0) is 19.1 Å². The van der Waals surface area contributed by atoms with Crippen LogP contribution in [0, 0.1) is 5.82 Å². The number of aromatic nitrogens is 1. The highest BCUT2D eigenvalue weighted by Gasteiger charge is 2.43. The summed E-state index contributed by atoms with van der Waals surface area (Å²) >= 11 is 0. The molecule has 0 fully saturated rings. The van der Waals surface area contributed by atoms with E-state index in [4.69, 9.17) is 10.8 Å². The van der Waals surface area contributed by atoms with Crippen LogP contribution in [0.25, 0.3) is 0 Å². The Hall–Kier alpha value is -2.64.